The summed E-state index contributed by atoms with van der Waals surface area (Å²) in [4.78, 5) is 74.9. The van der Waals surface area contributed by atoms with E-state index in [2.05, 4.69) is 5.32 Å². The highest BCUT2D eigenvalue weighted by atomic mass is 19.4. The normalized spacial score (nSPS) is 12.6. The maximum atomic E-state index is 13.2. The van der Waals surface area contributed by atoms with Crippen LogP contribution in [0.4, 0.5) is 32.0 Å². The van der Waals surface area contributed by atoms with Crippen LogP contribution in [0.2, 0.25) is 0 Å². The molecule has 18 heteroatoms. The molecule has 0 aliphatic heterocycles. The summed E-state index contributed by atoms with van der Waals surface area (Å²) in [5.41, 5.74) is -0.489. The summed E-state index contributed by atoms with van der Waals surface area (Å²) < 4.78 is 88.6. The molecule has 3 rings (SSSR count). The van der Waals surface area contributed by atoms with Gasteiger partial charge in [-0.2, -0.15) is 26.3 Å². The largest absolute Gasteiger partial charge is 0.478 e. The summed E-state index contributed by atoms with van der Waals surface area (Å²) in [5.74, 6) is -8.65. The van der Waals surface area contributed by atoms with Crippen LogP contribution in [0.15, 0.2) is 72.8 Å². The number of carboxylic acids is 1. The molecule has 0 bridgehead atoms. The van der Waals surface area contributed by atoms with Gasteiger partial charge in [-0.1, -0.05) is 19.1 Å². The van der Waals surface area contributed by atoms with Crippen LogP contribution < -0.4 is 16.2 Å². The molecule has 3 amide bonds. The molecule has 0 spiro atoms. The lowest BCUT2D eigenvalue weighted by atomic mass is 10.1. The molecule has 0 saturated carbocycles. The fourth-order valence-corrected chi connectivity index (χ4v) is 3.72. The summed E-state index contributed by atoms with van der Waals surface area (Å²) in [6, 6.07) is 10.2. The lowest BCUT2D eigenvalue weighted by molar-refractivity contribution is -0.159. The molecule has 0 fully saturated rings. The topological polar surface area (TPSA) is 177 Å². The lowest BCUT2D eigenvalue weighted by Gasteiger charge is -2.24. The number of benzene rings is 3. The summed E-state index contributed by atoms with van der Waals surface area (Å²) in [5, 5.41) is 12.3. The Morgan fingerprint density at radius 2 is 1.17 bits per heavy atom. The zero-order valence-electron chi connectivity index (χ0n) is 24.3. The second kappa shape index (κ2) is 15.1. The number of aliphatic carboxylic acids is 1. The van der Waals surface area contributed by atoms with Crippen molar-refractivity contribution in [3.05, 3.63) is 101 Å². The quantitative estimate of drug-likeness (QED) is 0.137. The molecule has 48 heavy (non-hydrogen) atoms. The number of carbonyl (C=O) groups is 6. The number of rotatable bonds is 10. The first-order valence-electron chi connectivity index (χ1n) is 13.4. The summed E-state index contributed by atoms with van der Waals surface area (Å²) in [6.45, 7) is 1.60. The SMILES string of the molecule is CCC(=O)Nc1ccc(C(=O)NNC(=O)[C@@H](OC(=O)c2cccc(C(F)(F)F)c2)[C@H](OC(=O)c2cccc(C(F)(F)F)c2)C(=O)O)cc1. The standard InChI is InChI=1S/C30H23F6N3O9/c1-2-21(40)37-20-11-9-15(10-12-20)24(41)38-39-25(42)22(47-27(45)16-5-3-7-18(13-16)29(31,32)33)23(26(43)44)48-28(46)17-6-4-8-19(14-17)30(34,35)36/h3-14,22-23H,2H2,1H3,(H,37,40)(H,38,41)(H,39,42)(H,43,44)/t22-,23-/m0/s1. The van der Waals surface area contributed by atoms with Gasteiger partial charge in [-0.25, -0.2) is 14.4 Å². The third kappa shape index (κ3) is 9.78. The second-order valence-corrected chi connectivity index (χ2v) is 9.57. The number of ether oxygens (including phenoxy) is 2. The Morgan fingerprint density at radius 3 is 1.60 bits per heavy atom. The molecule has 0 aliphatic carbocycles. The Bertz CT molecular complexity index is 1710. The van der Waals surface area contributed by atoms with Gasteiger partial charge in [0.2, 0.25) is 18.1 Å². The molecule has 12 nitrogen and oxygen atoms in total. The number of carbonyl (C=O) groups excluding carboxylic acids is 5. The zero-order chi connectivity index (χ0) is 35.8. The smallest absolute Gasteiger partial charge is 0.416 e. The van der Waals surface area contributed by atoms with Crippen molar-refractivity contribution in [3.8, 4) is 0 Å². The number of hydrogen-bond acceptors (Lipinski definition) is 8. The molecule has 0 heterocycles. The first-order chi connectivity index (χ1) is 22.4. The highest BCUT2D eigenvalue weighted by Crippen LogP contribution is 2.31. The number of nitrogens with one attached hydrogen (secondary N) is 3. The van der Waals surface area contributed by atoms with E-state index in [1.807, 2.05) is 5.43 Å². The molecule has 0 unspecified atom stereocenters. The van der Waals surface area contributed by atoms with Crippen molar-refractivity contribution < 1.29 is 69.7 Å². The van der Waals surface area contributed by atoms with E-state index < -0.39 is 76.5 Å². The van der Waals surface area contributed by atoms with E-state index in [4.69, 9.17) is 9.47 Å². The van der Waals surface area contributed by atoms with E-state index in [-0.39, 0.29) is 17.9 Å². The molecule has 0 aliphatic rings. The van der Waals surface area contributed by atoms with Crippen LogP contribution in [0.3, 0.4) is 0 Å². The maximum Gasteiger partial charge on any atom is 0.416 e. The lowest BCUT2D eigenvalue weighted by Crippen LogP contribution is -2.54. The number of esters is 2. The fourth-order valence-electron chi connectivity index (χ4n) is 3.72. The minimum absolute atomic E-state index is 0.118. The molecule has 3 aromatic carbocycles. The van der Waals surface area contributed by atoms with E-state index in [0.29, 0.717) is 30.0 Å². The maximum absolute atomic E-state index is 13.2. The highest BCUT2D eigenvalue weighted by Gasteiger charge is 2.42. The van der Waals surface area contributed by atoms with Crippen LogP contribution in [0.25, 0.3) is 0 Å². The fraction of sp³-hybridized carbons (Fsp3) is 0.200. The number of anilines is 1. The number of hydrazine groups is 1. The van der Waals surface area contributed by atoms with E-state index in [1.165, 1.54) is 24.3 Å². The van der Waals surface area contributed by atoms with Crippen molar-refractivity contribution in [2.24, 2.45) is 0 Å². The minimum Gasteiger partial charge on any atom is -0.478 e. The molecule has 2 atom stereocenters. The zero-order valence-corrected chi connectivity index (χ0v) is 24.3. The Hall–Kier alpha value is -5.94. The highest BCUT2D eigenvalue weighted by molar-refractivity contribution is 5.99. The van der Waals surface area contributed by atoms with Crippen LogP contribution >= 0.6 is 0 Å². The van der Waals surface area contributed by atoms with E-state index in [9.17, 15) is 60.2 Å². The monoisotopic (exact) mass is 683 g/mol. The van der Waals surface area contributed by atoms with Crippen LogP contribution in [0, 0.1) is 0 Å². The third-order valence-electron chi connectivity index (χ3n) is 6.15. The Morgan fingerprint density at radius 1 is 0.688 bits per heavy atom. The van der Waals surface area contributed by atoms with E-state index >= 15 is 0 Å². The molecule has 4 N–H and O–H groups in total. The summed E-state index contributed by atoms with van der Waals surface area (Å²) >= 11 is 0. The predicted molar refractivity (Wildman–Crippen MR) is 150 cm³/mol. The molecule has 0 radical (unpaired) electrons. The molecule has 254 valence electrons. The van der Waals surface area contributed by atoms with Crippen molar-refractivity contribution >= 4 is 41.3 Å². The second-order valence-electron chi connectivity index (χ2n) is 9.57. The van der Waals surface area contributed by atoms with Gasteiger partial charge in [0.1, 0.15) is 0 Å². The Labute approximate surface area is 266 Å². The predicted octanol–water partition coefficient (Wildman–Crippen LogP) is 4.37. The molecule has 0 aromatic heterocycles. The Kier molecular flexibility index (Phi) is 11.5. The van der Waals surface area contributed by atoms with Crippen molar-refractivity contribution in [2.45, 2.75) is 37.9 Å². The average molecular weight is 684 g/mol. The van der Waals surface area contributed by atoms with Gasteiger partial charge in [-0.3, -0.25) is 25.2 Å². The number of alkyl halides is 6. The number of carboxylic acid groups (broad SMARTS) is 1. The van der Waals surface area contributed by atoms with Gasteiger partial charge < -0.3 is 19.9 Å². The molecular weight excluding hydrogens is 660 g/mol. The van der Waals surface area contributed by atoms with Crippen molar-refractivity contribution in [3.63, 3.8) is 0 Å². The minimum atomic E-state index is -4.93. The molecule has 3 aromatic rings. The van der Waals surface area contributed by atoms with Gasteiger partial charge in [0, 0.05) is 17.7 Å². The van der Waals surface area contributed by atoms with Crippen LogP contribution in [-0.4, -0.2) is 52.9 Å². The summed E-state index contributed by atoms with van der Waals surface area (Å²) in [7, 11) is 0. The Balaban J connectivity index is 1.89. The molecular formula is C30H23F6N3O9. The van der Waals surface area contributed by atoms with E-state index in [1.54, 1.807) is 12.3 Å². The van der Waals surface area contributed by atoms with Crippen LogP contribution in [-0.2, 0) is 36.2 Å². The van der Waals surface area contributed by atoms with Crippen molar-refractivity contribution in [1.82, 2.24) is 10.9 Å². The molecule has 0 saturated heterocycles. The number of halogens is 6. The van der Waals surface area contributed by atoms with Gasteiger partial charge in [-0.05, 0) is 60.7 Å². The first kappa shape index (κ1) is 36.5. The van der Waals surface area contributed by atoms with Crippen LogP contribution in [0.1, 0.15) is 55.5 Å². The summed E-state index contributed by atoms with van der Waals surface area (Å²) in [6.07, 6.45) is -15.2. The van der Waals surface area contributed by atoms with Gasteiger partial charge in [0.15, 0.2) is 0 Å². The van der Waals surface area contributed by atoms with Crippen molar-refractivity contribution in [2.75, 3.05) is 5.32 Å². The number of hydrogen-bond donors (Lipinski definition) is 4. The van der Waals surface area contributed by atoms with Gasteiger partial charge in [0.05, 0.1) is 22.3 Å². The van der Waals surface area contributed by atoms with Gasteiger partial charge in [-0.15, -0.1) is 0 Å². The third-order valence-corrected chi connectivity index (χ3v) is 6.15. The number of amides is 3. The van der Waals surface area contributed by atoms with Gasteiger partial charge in [0.25, 0.3) is 11.8 Å². The van der Waals surface area contributed by atoms with Crippen molar-refractivity contribution in [1.29, 1.82) is 0 Å². The van der Waals surface area contributed by atoms with E-state index in [0.717, 1.165) is 24.3 Å². The first-order valence-corrected chi connectivity index (χ1v) is 13.4. The van der Waals surface area contributed by atoms with Crippen LogP contribution in [0.5, 0.6) is 0 Å². The average Bonchev–Trinajstić information content (AvgIpc) is 3.04. The van der Waals surface area contributed by atoms with Gasteiger partial charge >= 0.3 is 30.3 Å².